The number of likely N-dealkylation sites (N-methyl/N-ethyl adjacent to an activating group) is 1. The lowest BCUT2D eigenvalue weighted by molar-refractivity contribution is -0.960. The number of hydrogen-bond donors (Lipinski definition) is 1. The second kappa shape index (κ2) is 16.6. The number of quaternary nitrogens is 1. The molecular formula is C25H52NO+. The quantitative estimate of drug-likeness (QED) is 0.0994. The summed E-state index contributed by atoms with van der Waals surface area (Å²) in [6.45, 7) is 8.89. The molecule has 0 saturated heterocycles. The molecule has 0 rings (SSSR count). The van der Waals surface area contributed by atoms with E-state index in [1.807, 2.05) is 13.0 Å². The van der Waals surface area contributed by atoms with Gasteiger partial charge >= 0.3 is 0 Å². The highest BCUT2D eigenvalue weighted by molar-refractivity contribution is 4.69. The zero-order valence-corrected chi connectivity index (χ0v) is 19.4. The van der Waals surface area contributed by atoms with Gasteiger partial charge in [0.15, 0.2) is 5.72 Å². The largest absolute Gasteiger partial charge is 0.343 e. The summed E-state index contributed by atoms with van der Waals surface area (Å²) in [6, 6.07) is 0. The lowest BCUT2D eigenvalue weighted by Crippen LogP contribution is -2.57. The summed E-state index contributed by atoms with van der Waals surface area (Å²) in [4.78, 5) is 0. The van der Waals surface area contributed by atoms with E-state index in [2.05, 4.69) is 27.6 Å². The van der Waals surface area contributed by atoms with E-state index in [4.69, 9.17) is 0 Å². The zero-order chi connectivity index (χ0) is 20.4. The monoisotopic (exact) mass is 382 g/mol. The number of nitrogens with zero attached hydrogens (tertiary/aromatic N) is 1. The lowest BCUT2D eigenvalue weighted by atomic mass is 10.0. The van der Waals surface area contributed by atoms with Crippen LogP contribution < -0.4 is 0 Å². The Morgan fingerprint density at radius 2 is 1.04 bits per heavy atom. The fourth-order valence-corrected chi connectivity index (χ4v) is 3.83. The Labute approximate surface area is 172 Å². The van der Waals surface area contributed by atoms with Crippen molar-refractivity contribution in [2.75, 3.05) is 20.6 Å². The Kier molecular flexibility index (Phi) is 16.4. The van der Waals surface area contributed by atoms with E-state index in [1.165, 1.54) is 96.3 Å². The molecule has 0 aliphatic carbocycles. The first-order valence-corrected chi connectivity index (χ1v) is 12.0. The molecule has 27 heavy (non-hydrogen) atoms. The van der Waals surface area contributed by atoms with Crippen molar-refractivity contribution in [2.45, 2.75) is 129 Å². The van der Waals surface area contributed by atoms with Crippen LogP contribution in [0.3, 0.4) is 0 Å². The molecule has 0 bridgehead atoms. The van der Waals surface area contributed by atoms with Crippen molar-refractivity contribution in [1.82, 2.24) is 0 Å². The molecule has 0 aromatic heterocycles. The highest BCUT2D eigenvalue weighted by Gasteiger charge is 2.37. The molecular weight excluding hydrogens is 330 g/mol. The second-order valence-electron chi connectivity index (χ2n) is 9.43. The zero-order valence-electron chi connectivity index (χ0n) is 19.4. The Bertz CT molecular complexity index is 335. The summed E-state index contributed by atoms with van der Waals surface area (Å²) in [7, 11) is 4.18. The van der Waals surface area contributed by atoms with Crippen molar-refractivity contribution in [1.29, 1.82) is 0 Å². The summed E-state index contributed by atoms with van der Waals surface area (Å²) in [6.07, 6.45) is 25.0. The minimum Gasteiger partial charge on any atom is -0.343 e. The van der Waals surface area contributed by atoms with Crippen LogP contribution in [0.15, 0.2) is 12.7 Å². The van der Waals surface area contributed by atoms with E-state index in [0.29, 0.717) is 4.48 Å². The molecule has 2 nitrogen and oxygen atoms in total. The van der Waals surface area contributed by atoms with Crippen LogP contribution >= 0.6 is 0 Å². The van der Waals surface area contributed by atoms with Gasteiger partial charge in [0.2, 0.25) is 0 Å². The molecule has 0 aromatic rings. The van der Waals surface area contributed by atoms with Crippen molar-refractivity contribution in [3.63, 3.8) is 0 Å². The Morgan fingerprint density at radius 3 is 1.37 bits per heavy atom. The molecule has 1 atom stereocenters. The molecule has 162 valence electrons. The van der Waals surface area contributed by atoms with Gasteiger partial charge in [0, 0.05) is 13.3 Å². The highest BCUT2D eigenvalue weighted by atomic mass is 16.3. The molecule has 0 aromatic carbocycles. The maximum Gasteiger partial charge on any atom is 0.197 e. The molecule has 0 radical (unpaired) electrons. The summed E-state index contributed by atoms with van der Waals surface area (Å²) < 4.78 is 0.606. The number of rotatable bonds is 20. The van der Waals surface area contributed by atoms with Crippen LogP contribution in [0, 0.1) is 0 Å². The molecule has 0 heterocycles. The van der Waals surface area contributed by atoms with Gasteiger partial charge in [-0.15, -0.1) is 0 Å². The van der Waals surface area contributed by atoms with Gasteiger partial charge in [-0.3, -0.25) is 4.48 Å². The van der Waals surface area contributed by atoms with Gasteiger partial charge in [-0.2, -0.15) is 0 Å². The first kappa shape index (κ1) is 26.7. The predicted octanol–water partition coefficient (Wildman–Crippen LogP) is 7.61. The van der Waals surface area contributed by atoms with Crippen molar-refractivity contribution in [2.24, 2.45) is 0 Å². The third-order valence-corrected chi connectivity index (χ3v) is 6.39. The van der Waals surface area contributed by atoms with E-state index >= 15 is 0 Å². The average molecular weight is 383 g/mol. The van der Waals surface area contributed by atoms with Gasteiger partial charge in [0.05, 0.1) is 20.6 Å². The van der Waals surface area contributed by atoms with Gasteiger partial charge in [0.1, 0.15) is 0 Å². The molecule has 0 fully saturated rings. The maximum absolute atomic E-state index is 10.7. The van der Waals surface area contributed by atoms with Crippen molar-refractivity contribution in [3.8, 4) is 0 Å². The minimum atomic E-state index is -0.649. The molecule has 1 N–H and O–H groups in total. The van der Waals surface area contributed by atoms with Crippen molar-refractivity contribution >= 4 is 0 Å². The second-order valence-corrected chi connectivity index (χ2v) is 9.43. The smallest absolute Gasteiger partial charge is 0.197 e. The summed E-state index contributed by atoms with van der Waals surface area (Å²) in [5, 5.41) is 10.7. The topological polar surface area (TPSA) is 20.2 Å². The number of hydrogen-bond acceptors (Lipinski definition) is 1. The van der Waals surface area contributed by atoms with Gasteiger partial charge in [-0.05, 0) is 12.5 Å². The average Bonchev–Trinajstić information content (AvgIpc) is 2.61. The van der Waals surface area contributed by atoms with Crippen LogP contribution in [-0.2, 0) is 0 Å². The molecule has 0 saturated carbocycles. The third-order valence-electron chi connectivity index (χ3n) is 6.39. The molecule has 0 amide bonds. The normalized spacial score (nSPS) is 14.3. The van der Waals surface area contributed by atoms with E-state index < -0.39 is 5.72 Å². The first-order valence-electron chi connectivity index (χ1n) is 12.0. The van der Waals surface area contributed by atoms with Crippen LogP contribution in [-0.4, -0.2) is 36.0 Å². The van der Waals surface area contributed by atoms with Crippen molar-refractivity contribution in [3.05, 3.63) is 12.7 Å². The Hall–Kier alpha value is -0.340. The van der Waals surface area contributed by atoms with E-state index in [9.17, 15) is 5.11 Å². The maximum atomic E-state index is 10.7. The van der Waals surface area contributed by atoms with Gasteiger partial charge in [-0.25, -0.2) is 0 Å². The summed E-state index contributed by atoms with van der Waals surface area (Å²) in [5.74, 6) is 0. The summed E-state index contributed by atoms with van der Waals surface area (Å²) in [5.41, 5.74) is -0.649. The van der Waals surface area contributed by atoms with Crippen LogP contribution in [0.4, 0.5) is 0 Å². The van der Waals surface area contributed by atoms with Crippen LogP contribution in [0.1, 0.15) is 123 Å². The molecule has 2 heteroatoms. The highest BCUT2D eigenvalue weighted by Crippen LogP contribution is 2.24. The lowest BCUT2D eigenvalue weighted by Gasteiger charge is -2.42. The Balaban J connectivity index is 3.37. The van der Waals surface area contributed by atoms with Crippen LogP contribution in [0.2, 0.25) is 0 Å². The fourth-order valence-electron chi connectivity index (χ4n) is 3.83. The van der Waals surface area contributed by atoms with E-state index in [0.717, 1.165) is 19.4 Å². The van der Waals surface area contributed by atoms with E-state index in [-0.39, 0.29) is 0 Å². The van der Waals surface area contributed by atoms with Gasteiger partial charge in [-0.1, -0.05) is 110 Å². The van der Waals surface area contributed by atoms with Crippen LogP contribution in [0.25, 0.3) is 0 Å². The van der Waals surface area contributed by atoms with Gasteiger partial charge in [0.25, 0.3) is 0 Å². The molecule has 0 aliphatic rings. The molecule has 0 spiro atoms. The Morgan fingerprint density at radius 1 is 0.704 bits per heavy atom. The summed E-state index contributed by atoms with van der Waals surface area (Å²) >= 11 is 0. The first-order chi connectivity index (χ1) is 12.9. The van der Waals surface area contributed by atoms with E-state index in [1.54, 1.807) is 0 Å². The number of unbranched alkanes of at least 4 members (excludes halogenated alkanes) is 15. The minimum absolute atomic E-state index is 0.606. The standard InChI is InChI=1S/C25H52NO/c1-6-8-9-10-11-12-13-14-15-16-17-18-19-20-21-22-23-25(3,27)26(4,5)24-7-2/h7,27H,2,6,8-24H2,1,3-5H3/q+1. The number of aliphatic hydroxyl groups is 1. The molecule has 0 aliphatic heterocycles. The fraction of sp³-hybridized carbons (Fsp3) is 0.920. The predicted molar refractivity (Wildman–Crippen MR) is 122 cm³/mol. The van der Waals surface area contributed by atoms with Crippen LogP contribution in [0.5, 0.6) is 0 Å². The molecule has 1 unspecified atom stereocenters. The van der Waals surface area contributed by atoms with Gasteiger partial charge < -0.3 is 5.11 Å². The third kappa shape index (κ3) is 14.3. The SMILES string of the molecule is C=CC[N+](C)(C)C(C)(O)CCCCCCCCCCCCCCCCCC. The van der Waals surface area contributed by atoms with Crippen molar-refractivity contribution < 1.29 is 9.59 Å².